The summed E-state index contributed by atoms with van der Waals surface area (Å²) in [5, 5.41) is 2.01. The van der Waals surface area contributed by atoms with Gasteiger partial charge in [-0.15, -0.1) is 11.3 Å². The zero-order valence-electron chi connectivity index (χ0n) is 18.1. The van der Waals surface area contributed by atoms with Gasteiger partial charge in [0, 0.05) is 36.4 Å². The minimum absolute atomic E-state index is 0.0131. The van der Waals surface area contributed by atoms with Crippen LogP contribution in [0.2, 0.25) is 0 Å². The molecule has 0 radical (unpaired) electrons. The first-order chi connectivity index (χ1) is 15.8. The Bertz CT molecular complexity index is 1030. The van der Waals surface area contributed by atoms with Crippen molar-refractivity contribution >= 4 is 23.3 Å². The predicted molar refractivity (Wildman–Crippen MR) is 130 cm³/mol. The minimum atomic E-state index is -0.0131. The van der Waals surface area contributed by atoms with Crippen LogP contribution in [0.15, 0.2) is 84.5 Å². The number of thiophene rings is 1. The molecule has 2 heterocycles. The molecule has 1 atom stereocenters. The number of aromatic nitrogens is 1. The van der Waals surface area contributed by atoms with Crippen LogP contribution in [0.4, 0.5) is 0 Å². The molecule has 0 saturated heterocycles. The molecule has 0 saturated carbocycles. The molecule has 4 rings (SSSR count). The molecule has 0 spiro atoms. The van der Waals surface area contributed by atoms with E-state index in [1.807, 2.05) is 64.9 Å². The minimum Gasteiger partial charge on any atom is -0.493 e. The lowest BCUT2D eigenvalue weighted by atomic mass is 9.95. The highest BCUT2D eigenvalue weighted by atomic mass is 32.1. The number of rotatable bonds is 9. The second kappa shape index (κ2) is 11.4. The molecule has 0 aliphatic heterocycles. The summed E-state index contributed by atoms with van der Waals surface area (Å²) in [6.07, 6.45) is 15.0. The van der Waals surface area contributed by atoms with E-state index in [0.29, 0.717) is 19.0 Å². The maximum absolute atomic E-state index is 13.0. The van der Waals surface area contributed by atoms with E-state index < -0.39 is 0 Å². The molecule has 4 nitrogen and oxygen atoms in total. The van der Waals surface area contributed by atoms with Gasteiger partial charge in [-0.3, -0.25) is 9.78 Å². The Labute approximate surface area is 193 Å². The summed E-state index contributed by atoms with van der Waals surface area (Å²) in [5.41, 5.74) is 2.13. The molecule has 1 unspecified atom stereocenters. The number of hydrogen-bond donors (Lipinski definition) is 0. The number of allylic oxidation sites excluding steroid dienone is 2. The average Bonchev–Trinajstić information content (AvgIpc) is 3.37. The van der Waals surface area contributed by atoms with E-state index in [1.165, 1.54) is 6.42 Å². The van der Waals surface area contributed by atoms with Gasteiger partial charge in [-0.05, 0) is 78.1 Å². The molecule has 0 fully saturated rings. The summed E-state index contributed by atoms with van der Waals surface area (Å²) in [6, 6.07) is 16.0. The van der Waals surface area contributed by atoms with Gasteiger partial charge < -0.3 is 9.64 Å². The predicted octanol–water partition coefficient (Wildman–Crippen LogP) is 6.12. The van der Waals surface area contributed by atoms with Gasteiger partial charge >= 0.3 is 0 Å². The van der Waals surface area contributed by atoms with E-state index >= 15 is 0 Å². The van der Waals surface area contributed by atoms with Gasteiger partial charge in [-0.25, -0.2) is 0 Å². The van der Waals surface area contributed by atoms with E-state index in [1.54, 1.807) is 29.8 Å². The van der Waals surface area contributed by atoms with Crippen LogP contribution < -0.4 is 4.74 Å². The topological polar surface area (TPSA) is 42.4 Å². The maximum atomic E-state index is 13.0. The molecule has 1 amide bonds. The number of amides is 1. The summed E-state index contributed by atoms with van der Waals surface area (Å²) in [5.74, 6) is 1.47. The van der Waals surface area contributed by atoms with Gasteiger partial charge in [-0.2, -0.15) is 0 Å². The van der Waals surface area contributed by atoms with Crippen molar-refractivity contribution in [2.45, 2.75) is 32.4 Å². The van der Waals surface area contributed by atoms with Crippen molar-refractivity contribution in [2.75, 3.05) is 6.61 Å². The smallest absolute Gasteiger partial charge is 0.247 e. The molecule has 1 aromatic carbocycles. The third kappa shape index (κ3) is 6.66. The molecule has 164 valence electrons. The Morgan fingerprint density at radius 1 is 1.06 bits per heavy atom. The number of hydrogen-bond acceptors (Lipinski definition) is 4. The van der Waals surface area contributed by atoms with Crippen molar-refractivity contribution in [3.8, 4) is 5.75 Å². The van der Waals surface area contributed by atoms with Gasteiger partial charge in [0.25, 0.3) is 0 Å². The molecule has 0 bridgehead atoms. The highest BCUT2D eigenvalue weighted by molar-refractivity contribution is 7.10. The fourth-order valence-electron chi connectivity index (χ4n) is 3.70. The highest BCUT2D eigenvalue weighted by Gasteiger charge is 2.14. The average molecular weight is 445 g/mol. The van der Waals surface area contributed by atoms with Crippen molar-refractivity contribution in [3.63, 3.8) is 0 Å². The van der Waals surface area contributed by atoms with Crippen molar-refractivity contribution in [2.24, 2.45) is 5.92 Å². The van der Waals surface area contributed by atoms with Gasteiger partial charge in [-0.1, -0.05) is 30.4 Å². The largest absolute Gasteiger partial charge is 0.493 e. The Kier molecular flexibility index (Phi) is 7.88. The Balaban J connectivity index is 1.40. The van der Waals surface area contributed by atoms with E-state index in [9.17, 15) is 4.79 Å². The van der Waals surface area contributed by atoms with Gasteiger partial charge in [0.05, 0.1) is 6.61 Å². The lowest BCUT2D eigenvalue weighted by Gasteiger charge is -2.22. The monoisotopic (exact) mass is 444 g/mol. The Morgan fingerprint density at radius 2 is 1.84 bits per heavy atom. The maximum Gasteiger partial charge on any atom is 0.247 e. The van der Waals surface area contributed by atoms with Gasteiger partial charge in [0.15, 0.2) is 0 Å². The van der Waals surface area contributed by atoms with Crippen molar-refractivity contribution in [1.29, 1.82) is 0 Å². The summed E-state index contributed by atoms with van der Waals surface area (Å²) in [4.78, 5) is 20.0. The van der Waals surface area contributed by atoms with Gasteiger partial charge in [0.2, 0.25) is 5.91 Å². The van der Waals surface area contributed by atoms with Crippen molar-refractivity contribution in [1.82, 2.24) is 9.88 Å². The number of carbonyl (C=O) groups excluding carboxylic acids is 1. The van der Waals surface area contributed by atoms with Gasteiger partial charge in [0.1, 0.15) is 5.75 Å². The first-order valence-electron chi connectivity index (χ1n) is 11.0. The molecule has 5 heteroatoms. The zero-order chi connectivity index (χ0) is 22.0. The normalized spacial score (nSPS) is 15.7. The zero-order valence-corrected chi connectivity index (χ0v) is 18.9. The third-order valence-electron chi connectivity index (χ3n) is 5.53. The SMILES string of the molecule is O=C(/C=C/c1cccs1)N(Cc1ccncc1)Cc1ccc(OCC2CC=CCC2)cc1. The third-order valence-corrected chi connectivity index (χ3v) is 6.37. The second-order valence-corrected chi connectivity index (χ2v) is 8.98. The number of ether oxygens (including phenoxy) is 1. The van der Waals surface area contributed by atoms with E-state index in [0.717, 1.165) is 41.2 Å². The van der Waals surface area contributed by atoms with Crippen LogP contribution in [-0.2, 0) is 17.9 Å². The molecular formula is C27H28N2O2S. The van der Waals surface area contributed by atoms with Crippen LogP contribution in [0.3, 0.4) is 0 Å². The lowest BCUT2D eigenvalue weighted by Crippen LogP contribution is -2.28. The molecule has 32 heavy (non-hydrogen) atoms. The van der Waals surface area contributed by atoms with Crippen LogP contribution in [0.1, 0.15) is 35.3 Å². The van der Waals surface area contributed by atoms with E-state index in [-0.39, 0.29) is 5.91 Å². The molecular weight excluding hydrogens is 416 g/mol. The molecule has 1 aliphatic carbocycles. The number of carbonyl (C=O) groups is 1. The first kappa shape index (κ1) is 22.0. The van der Waals surface area contributed by atoms with Crippen LogP contribution >= 0.6 is 11.3 Å². The second-order valence-electron chi connectivity index (χ2n) is 8.00. The highest BCUT2D eigenvalue weighted by Crippen LogP contribution is 2.21. The van der Waals surface area contributed by atoms with E-state index in [4.69, 9.17) is 4.74 Å². The first-order valence-corrected chi connectivity index (χ1v) is 11.9. The summed E-state index contributed by atoms with van der Waals surface area (Å²) >= 11 is 1.62. The lowest BCUT2D eigenvalue weighted by molar-refractivity contribution is -0.127. The van der Waals surface area contributed by atoms with Crippen molar-refractivity contribution in [3.05, 3.63) is 101 Å². The van der Waals surface area contributed by atoms with E-state index in [2.05, 4.69) is 17.1 Å². The molecule has 2 aromatic heterocycles. The van der Waals surface area contributed by atoms with Crippen LogP contribution in [0.5, 0.6) is 5.75 Å². The summed E-state index contributed by atoms with van der Waals surface area (Å²) in [6.45, 7) is 1.82. The summed E-state index contributed by atoms with van der Waals surface area (Å²) < 4.78 is 6.00. The fourth-order valence-corrected chi connectivity index (χ4v) is 4.32. The number of nitrogens with zero attached hydrogens (tertiary/aromatic N) is 2. The number of benzene rings is 1. The quantitative estimate of drug-likeness (QED) is 0.295. The molecule has 3 aromatic rings. The molecule has 0 N–H and O–H groups in total. The van der Waals surface area contributed by atoms with Crippen LogP contribution in [0.25, 0.3) is 6.08 Å². The number of pyridine rings is 1. The van der Waals surface area contributed by atoms with Crippen molar-refractivity contribution < 1.29 is 9.53 Å². The summed E-state index contributed by atoms with van der Waals surface area (Å²) in [7, 11) is 0. The fraction of sp³-hybridized carbons (Fsp3) is 0.259. The Hall–Kier alpha value is -3.18. The standard InChI is InChI=1S/C27H28N2O2S/c30-27(13-12-26-7-4-18-32-26)29(20-23-14-16-28-17-15-23)19-22-8-10-25(11-9-22)31-21-24-5-2-1-3-6-24/h1-2,4,7-18,24H,3,5-6,19-21H2/b13-12+. The Morgan fingerprint density at radius 3 is 2.53 bits per heavy atom. The van der Waals surface area contributed by atoms with Crippen LogP contribution in [0, 0.1) is 5.92 Å². The van der Waals surface area contributed by atoms with Crippen LogP contribution in [-0.4, -0.2) is 22.4 Å². The molecule has 1 aliphatic rings.